The third-order valence-corrected chi connectivity index (χ3v) is 4.37. The Morgan fingerprint density at radius 3 is 3.00 bits per heavy atom. The molecule has 0 amide bonds. The lowest BCUT2D eigenvalue weighted by Crippen LogP contribution is -2.33. The first-order valence-corrected chi connectivity index (χ1v) is 7.31. The maximum Gasteiger partial charge on any atom is 0.250 e. The van der Waals surface area contributed by atoms with E-state index in [-0.39, 0.29) is 11.7 Å². The second kappa shape index (κ2) is 5.47. The quantitative estimate of drug-likeness (QED) is 0.900. The fourth-order valence-electron chi connectivity index (χ4n) is 3.35. The minimum absolute atomic E-state index is 0.117. The summed E-state index contributed by atoms with van der Waals surface area (Å²) in [6, 6.07) is 4.10. The number of nitrogens with zero attached hydrogens (tertiary/aromatic N) is 1. The maximum atomic E-state index is 12.2. The monoisotopic (exact) mass is 262 g/mol. The summed E-state index contributed by atoms with van der Waals surface area (Å²) < 4.78 is 7.63. The van der Waals surface area contributed by atoms with Gasteiger partial charge in [-0.3, -0.25) is 4.79 Å². The Morgan fingerprint density at radius 1 is 1.37 bits per heavy atom. The molecule has 2 atom stereocenters. The van der Waals surface area contributed by atoms with Crippen molar-refractivity contribution in [2.75, 3.05) is 13.7 Å². The largest absolute Gasteiger partial charge is 0.376 e. The van der Waals surface area contributed by atoms with Gasteiger partial charge in [-0.25, -0.2) is 0 Å². The van der Waals surface area contributed by atoms with Crippen LogP contribution in [0.3, 0.4) is 0 Å². The molecule has 1 aromatic rings. The van der Waals surface area contributed by atoms with E-state index >= 15 is 0 Å². The maximum absolute atomic E-state index is 12.2. The van der Waals surface area contributed by atoms with E-state index in [1.165, 1.54) is 11.3 Å². The summed E-state index contributed by atoms with van der Waals surface area (Å²) in [6.07, 6.45) is 5.73. The average molecular weight is 262 g/mol. The van der Waals surface area contributed by atoms with E-state index in [2.05, 4.69) is 5.32 Å². The van der Waals surface area contributed by atoms with Crippen molar-refractivity contribution in [3.8, 4) is 0 Å². The van der Waals surface area contributed by atoms with Gasteiger partial charge in [0.05, 0.1) is 12.6 Å². The van der Waals surface area contributed by atoms with Crippen LogP contribution in [-0.2, 0) is 17.7 Å². The van der Waals surface area contributed by atoms with Gasteiger partial charge in [0.25, 0.3) is 5.56 Å². The van der Waals surface area contributed by atoms with Crippen LogP contribution in [-0.4, -0.2) is 24.3 Å². The summed E-state index contributed by atoms with van der Waals surface area (Å²) in [5, 5.41) is 3.35. The number of nitrogens with one attached hydrogen (secondary N) is 1. The topological polar surface area (TPSA) is 43.3 Å². The zero-order valence-corrected chi connectivity index (χ0v) is 11.5. The van der Waals surface area contributed by atoms with Crippen molar-refractivity contribution in [3.63, 3.8) is 0 Å². The van der Waals surface area contributed by atoms with E-state index in [1.807, 2.05) is 17.7 Å². The highest BCUT2D eigenvalue weighted by molar-refractivity contribution is 5.27. The number of rotatable bonds is 3. The first kappa shape index (κ1) is 12.9. The number of pyridine rings is 1. The van der Waals surface area contributed by atoms with Gasteiger partial charge in [0.1, 0.15) is 0 Å². The lowest BCUT2D eigenvalue weighted by molar-refractivity contribution is 0.0951. The first-order valence-electron chi connectivity index (χ1n) is 7.31. The summed E-state index contributed by atoms with van der Waals surface area (Å²) >= 11 is 0. The van der Waals surface area contributed by atoms with Crippen LogP contribution in [0.15, 0.2) is 16.9 Å². The summed E-state index contributed by atoms with van der Waals surface area (Å²) in [5.41, 5.74) is 2.63. The first-order chi connectivity index (χ1) is 9.29. The van der Waals surface area contributed by atoms with Crippen LogP contribution in [0.25, 0.3) is 0 Å². The van der Waals surface area contributed by atoms with Gasteiger partial charge in [-0.05, 0) is 44.7 Å². The molecule has 2 unspecified atom stereocenters. The summed E-state index contributed by atoms with van der Waals surface area (Å²) in [7, 11) is 2.00. The molecule has 0 aromatic carbocycles. The van der Waals surface area contributed by atoms with E-state index in [0.717, 1.165) is 45.3 Å². The zero-order valence-electron chi connectivity index (χ0n) is 11.5. The number of fused-ring (bicyclic) bond motifs is 1. The molecule has 2 heterocycles. The molecule has 1 saturated heterocycles. The summed E-state index contributed by atoms with van der Waals surface area (Å²) in [5.74, 6) is 0. The molecule has 1 aromatic heterocycles. The summed E-state index contributed by atoms with van der Waals surface area (Å²) in [4.78, 5) is 12.2. The van der Waals surface area contributed by atoms with Gasteiger partial charge in [0.15, 0.2) is 0 Å². The smallest absolute Gasteiger partial charge is 0.250 e. The summed E-state index contributed by atoms with van der Waals surface area (Å²) in [6.45, 7) is 1.56. The number of ether oxygens (including phenoxy) is 1. The SMILES string of the molecule is CNC1CCCc2c1ccc(=O)n2CC1CCCO1. The van der Waals surface area contributed by atoms with Crippen LogP contribution in [0, 0.1) is 0 Å². The lowest BCUT2D eigenvalue weighted by atomic mass is 9.91. The van der Waals surface area contributed by atoms with E-state index in [0.29, 0.717) is 6.04 Å². The lowest BCUT2D eigenvalue weighted by Gasteiger charge is -2.28. The molecule has 1 N–H and O–H groups in total. The second-order valence-corrected chi connectivity index (χ2v) is 5.55. The average Bonchev–Trinajstić information content (AvgIpc) is 2.94. The minimum atomic E-state index is 0.117. The van der Waals surface area contributed by atoms with Crippen molar-refractivity contribution in [1.82, 2.24) is 9.88 Å². The number of hydrogen-bond donors (Lipinski definition) is 1. The third kappa shape index (κ3) is 2.47. The van der Waals surface area contributed by atoms with Crippen molar-refractivity contribution in [1.29, 1.82) is 0 Å². The predicted molar refractivity (Wildman–Crippen MR) is 74.4 cm³/mol. The standard InChI is InChI=1S/C15H22N2O2/c1-16-13-5-2-6-14-12(13)7-8-15(18)17(14)10-11-4-3-9-19-11/h7-8,11,13,16H,2-6,9-10H2,1H3. The molecule has 1 aliphatic heterocycles. The van der Waals surface area contributed by atoms with Gasteiger partial charge < -0.3 is 14.6 Å². The molecule has 4 nitrogen and oxygen atoms in total. The van der Waals surface area contributed by atoms with E-state index in [1.54, 1.807) is 6.07 Å². The van der Waals surface area contributed by atoms with E-state index in [4.69, 9.17) is 4.74 Å². The molecule has 1 fully saturated rings. The highest BCUT2D eigenvalue weighted by Crippen LogP contribution is 2.28. The van der Waals surface area contributed by atoms with Gasteiger partial charge in [0.2, 0.25) is 0 Å². The van der Waals surface area contributed by atoms with Crippen molar-refractivity contribution in [2.45, 2.75) is 50.8 Å². The van der Waals surface area contributed by atoms with Crippen molar-refractivity contribution in [3.05, 3.63) is 33.7 Å². The Morgan fingerprint density at radius 2 is 2.26 bits per heavy atom. The van der Waals surface area contributed by atoms with Crippen molar-refractivity contribution >= 4 is 0 Å². The normalized spacial score (nSPS) is 26.4. The molecule has 0 saturated carbocycles. The van der Waals surface area contributed by atoms with Gasteiger partial charge in [-0.1, -0.05) is 6.07 Å². The third-order valence-electron chi connectivity index (χ3n) is 4.37. The highest BCUT2D eigenvalue weighted by Gasteiger charge is 2.24. The van der Waals surface area contributed by atoms with E-state index in [9.17, 15) is 4.79 Å². The van der Waals surface area contributed by atoms with Gasteiger partial charge >= 0.3 is 0 Å². The molecule has 19 heavy (non-hydrogen) atoms. The van der Waals surface area contributed by atoms with Crippen LogP contribution in [0.2, 0.25) is 0 Å². The molecule has 3 rings (SSSR count). The Hall–Kier alpha value is -1.13. The fraction of sp³-hybridized carbons (Fsp3) is 0.667. The molecule has 4 heteroatoms. The second-order valence-electron chi connectivity index (χ2n) is 5.55. The Balaban J connectivity index is 1.95. The Bertz CT molecular complexity index is 503. The Labute approximate surface area is 113 Å². The van der Waals surface area contributed by atoms with Crippen LogP contribution >= 0.6 is 0 Å². The van der Waals surface area contributed by atoms with E-state index < -0.39 is 0 Å². The van der Waals surface area contributed by atoms with Crippen LogP contribution in [0.1, 0.15) is 43.0 Å². The van der Waals surface area contributed by atoms with Crippen molar-refractivity contribution < 1.29 is 4.74 Å². The van der Waals surface area contributed by atoms with Gasteiger partial charge in [0, 0.05) is 24.4 Å². The fourth-order valence-corrected chi connectivity index (χ4v) is 3.35. The van der Waals surface area contributed by atoms with Crippen LogP contribution < -0.4 is 10.9 Å². The van der Waals surface area contributed by atoms with Crippen LogP contribution in [0.5, 0.6) is 0 Å². The molecule has 0 bridgehead atoms. The molecule has 0 radical (unpaired) electrons. The van der Waals surface area contributed by atoms with Gasteiger partial charge in [-0.15, -0.1) is 0 Å². The predicted octanol–water partition coefficient (Wildman–Crippen LogP) is 1.62. The molecule has 0 spiro atoms. The molecule has 104 valence electrons. The Kier molecular flexibility index (Phi) is 3.71. The highest BCUT2D eigenvalue weighted by atomic mass is 16.5. The molecule has 2 aliphatic rings. The number of hydrogen-bond acceptors (Lipinski definition) is 3. The van der Waals surface area contributed by atoms with Crippen LogP contribution in [0.4, 0.5) is 0 Å². The van der Waals surface area contributed by atoms with Gasteiger partial charge in [-0.2, -0.15) is 0 Å². The molecular formula is C15H22N2O2. The minimum Gasteiger partial charge on any atom is -0.376 e. The number of aromatic nitrogens is 1. The molecule has 1 aliphatic carbocycles. The molecular weight excluding hydrogens is 240 g/mol. The zero-order chi connectivity index (χ0) is 13.2. The van der Waals surface area contributed by atoms with Crippen molar-refractivity contribution in [2.24, 2.45) is 0 Å².